The van der Waals surface area contributed by atoms with E-state index in [4.69, 9.17) is 0 Å². The fraction of sp³-hybridized carbons (Fsp3) is 0.368. The molecule has 0 saturated heterocycles. The van der Waals surface area contributed by atoms with E-state index < -0.39 is 6.61 Å². The molecule has 0 bridgehead atoms. The highest BCUT2D eigenvalue weighted by Crippen LogP contribution is 2.36. The van der Waals surface area contributed by atoms with Gasteiger partial charge in [0, 0.05) is 22.6 Å². The van der Waals surface area contributed by atoms with E-state index in [1.54, 1.807) is 16.8 Å². The van der Waals surface area contributed by atoms with Crippen molar-refractivity contribution < 1.29 is 18.3 Å². The average molecular weight is 419 g/mol. The summed E-state index contributed by atoms with van der Waals surface area (Å²) in [5, 5.41) is 12.4. The predicted molar refractivity (Wildman–Crippen MR) is 103 cm³/mol. The van der Waals surface area contributed by atoms with Crippen molar-refractivity contribution in [2.45, 2.75) is 44.5 Å². The molecule has 2 aromatic heterocycles. The maximum atomic E-state index is 12.8. The lowest BCUT2D eigenvalue weighted by molar-refractivity contribution is -0.0498. The fourth-order valence-corrected chi connectivity index (χ4v) is 4.08. The summed E-state index contributed by atoms with van der Waals surface area (Å²) in [6.45, 7) is 0.898. The van der Waals surface area contributed by atoms with Crippen molar-refractivity contribution in [1.29, 1.82) is 0 Å². The summed E-state index contributed by atoms with van der Waals surface area (Å²) in [7, 11) is 0. The van der Waals surface area contributed by atoms with Crippen LogP contribution in [0.5, 0.6) is 5.75 Å². The highest BCUT2D eigenvalue weighted by atomic mass is 32.2. The number of halogens is 2. The number of benzene rings is 1. The van der Waals surface area contributed by atoms with Crippen molar-refractivity contribution in [2.75, 3.05) is 5.75 Å². The summed E-state index contributed by atoms with van der Waals surface area (Å²) in [6, 6.07) is 8.52. The van der Waals surface area contributed by atoms with E-state index in [2.05, 4.69) is 20.3 Å². The van der Waals surface area contributed by atoms with Gasteiger partial charge in [-0.1, -0.05) is 11.8 Å². The van der Waals surface area contributed by atoms with Gasteiger partial charge < -0.3 is 9.30 Å². The molecule has 4 rings (SSSR count). The molecule has 0 spiro atoms. The topological polar surface area (TPSA) is 74.8 Å². The van der Waals surface area contributed by atoms with Gasteiger partial charge in [0.15, 0.2) is 5.78 Å². The zero-order valence-electron chi connectivity index (χ0n) is 15.9. The highest BCUT2D eigenvalue weighted by Gasteiger charge is 2.28. The summed E-state index contributed by atoms with van der Waals surface area (Å²) >= 11 is 1.33. The van der Waals surface area contributed by atoms with Gasteiger partial charge in [0.25, 0.3) is 0 Å². The first-order valence-electron chi connectivity index (χ1n) is 9.12. The van der Waals surface area contributed by atoms with Gasteiger partial charge in [-0.2, -0.15) is 8.78 Å². The second kappa shape index (κ2) is 7.94. The third-order valence-corrected chi connectivity index (χ3v) is 5.67. The molecule has 0 N–H and O–H groups in total. The monoisotopic (exact) mass is 419 g/mol. The van der Waals surface area contributed by atoms with Crippen LogP contribution < -0.4 is 4.74 Å². The molecule has 0 unspecified atom stereocenters. The number of Topliss-reactive ketones (excluding diaryl/α,β-unsaturated/α-hetero) is 1. The van der Waals surface area contributed by atoms with Gasteiger partial charge in [-0.3, -0.25) is 4.79 Å². The smallest absolute Gasteiger partial charge is 0.387 e. The quantitative estimate of drug-likeness (QED) is 0.406. The number of carbonyl (C=O) groups is 1. The van der Waals surface area contributed by atoms with E-state index in [1.807, 2.05) is 24.5 Å². The molecule has 3 aromatic rings. The molecule has 1 aromatic carbocycles. The minimum absolute atomic E-state index is 0.0163. The Balaban J connectivity index is 1.50. The minimum atomic E-state index is -2.86. The number of carbonyl (C=O) groups excluding carboxylic acids is 1. The lowest BCUT2D eigenvalue weighted by Crippen LogP contribution is -2.07. The van der Waals surface area contributed by atoms with Crippen LogP contribution in [0.15, 0.2) is 35.5 Å². The van der Waals surface area contributed by atoms with Crippen LogP contribution in [0.25, 0.3) is 5.69 Å². The Kier molecular flexibility index (Phi) is 5.35. The molecule has 0 aliphatic heterocycles. The molecule has 29 heavy (non-hydrogen) atoms. The number of aryl methyl sites for hydroxylation is 1. The number of tetrazole rings is 1. The van der Waals surface area contributed by atoms with E-state index in [9.17, 15) is 13.6 Å². The number of aromatic nitrogens is 5. The lowest BCUT2D eigenvalue weighted by atomic mass is 10.2. The Morgan fingerprint density at radius 1 is 1.28 bits per heavy atom. The third kappa shape index (κ3) is 4.16. The van der Waals surface area contributed by atoms with Gasteiger partial charge in [0.2, 0.25) is 5.16 Å². The molecule has 2 heterocycles. The van der Waals surface area contributed by atoms with Gasteiger partial charge in [-0.25, -0.2) is 4.68 Å². The second-order valence-corrected chi connectivity index (χ2v) is 7.78. The number of hydrogen-bond donors (Lipinski definition) is 0. The number of rotatable bonds is 8. The van der Waals surface area contributed by atoms with E-state index in [0.29, 0.717) is 16.8 Å². The molecule has 0 radical (unpaired) electrons. The predicted octanol–water partition coefficient (Wildman–Crippen LogP) is 3.99. The number of ether oxygens (including phenoxy) is 1. The zero-order chi connectivity index (χ0) is 20.5. The van der Waals surface area contributed by atoms with Crippen LogP contribution in [0, 0.1) is 13.8 Å². The van der Waals surface area contributed by atoms with Crippen LogP contribution in [0.2, 0.25) is 0 Å². The Morgan fingerprint density at radius 2 is 2.00 bits per heavy atom. The average Bonchev–Trinajstić information content (AvgIpc) is 3.34. The Bertz CT molecular complexity index is 1030. The molecular weight excluding hydrogens is 400 g/mol. The Labute approximate surface area is 170 Å². The molecule has 1 fully saturated rings. The number of ketones is 1. The summed E-state index contributed by atoms with van der Waals surface area (Å²) in [5.74, 6) is 0.308. The second-order valence-electron chi connectivity index (χ2n) is 6.84. The van der Waals surface area contributed by atoms with E-state index in [0.717, 1.165) is 29.9 Å². The first-order chi connectivity index (χ1) is 13.9. The zero-order valence-corrected chi connectivity index (χ0v) is 16.7. The van der Waals surface area contributed by atoms with E-state index in [-0.39, 0.29) is 17.3 Å². The highest BCUT2D eigenvalue weighted by molar-refractivity contribution is 7.99. The van der Waals surface area contributed by atoms with Gasteiger partial charge >= 0.3 is 6.61 Å². The molecule has 1 saturated carbocycles. The number of alkyl halides is 2. The van der Waals surface area contributed by atoms with E-state index in [1.165, 1.54) is 23.9 Å². The summed E-state index contributed by atoms with van der Waals surface area (Å²) in [6.07, 6.45) is 2.13. The summed E-state index contributed by atoms with van der Waals surface area (Å²) < 4.78 is 32.7. The van der Waals surface area contributed by atoms with E-state index >= 15 is 0 Å². The lowest BCUT2D eigenvalue weighted by Gasteiger charge is -2.11. The number of nitrogens with zero attached hydrogens (tertiary/aromatic N) is 5. The van der Waals surface area contributed by atoms with Crippen LogP contribution in [-0.4, -0.2) is 42.9 Å². The maximum Gasteiger partial charge on any atom is 0.387 e. The van der Waals surface area contributed by atoms with Crippen LogP contribution in [0.4, 0.5) is 8.78 Å². The molecule has 0 atom stereocenters. The third-order valence-electron chi connectivity index (χ3n) is 4.74. The minimum Gasteiger partial charge on any atom is -0.435 e. The Morgan fingerprint density at radius 3 is 2.66 bits per heavy atom. The van der Waals surface area contributed by atoms with Crippen LogP contribution in [0.3, 0.4) is 0 Å². The van der Waals surface area contributed by atoms with Crippen molar-refractivity contribution in [1.82, 2.24) is 24.8 Å². The first kappa shape index (κ1) is 19.6. The first-order valence-corrected chi connectivity index (χ1v) is 10.1. The summed E-state index contributed by atoms with van der Waals surface area (Å²) in [4.78, 5) is 12.8. The van der Waals surface area contributed by atoms with Crippen molar-refractivity contribution in [2.24, 2.45) is 0 Å². The van der Waals surface area contributed by atoms with Crippen LogP contribution >= 0.6 is 11.8 Å². The Hall–Kier alpha value is -2.75. The molecule has 10 heteroatoms. The van der Waals surface area contributed by atoms with Gasteiger partial charge in [0.05, 0.1) is 11.8 Å². The fourth-order valence-electron chi connectivity index (χ4n) is 3.26. The standard InChI is InChI=1S/C19H19F2N5O2S/c1-11-9-16(17(27)10-29-19-22-23-24-26(19)14-3-4-14)12(2)25(11)13-5-7-15(8-6-13)28-18(20)21/h5-9,14,18H,3-4,10H2,1-2H3. The van der Waals surface area contributed by atoms with Crippen molar-refractivity contribution >= 4 is 17.5 Å². The van der Waals surface area contributed by atoms with Gasteiger partial charge in [0.1, 0.15) is 5.75 Å². The van der Waals surface area contributed by atoms with Crippen molar-refractivity contribution in [3.05, 3.63) is 47.3 Å². The molecule has 7 nitrogen and oxygen atoms in total. The van der Waals surface area contributed by atoms with Crippen molar-refractivity contribution in [3.8, 4) is 11.4 Å². The van der Waals surface area contributed by atoms with Crippen molar-refractivity contribution in [3.63, 3.8) is 0 Å². The van der Waals surface area contributed by atoms with Gasteiger partial charge in [-0.15, -0.1) is 5.10 Å². The number of hydrogen-bond acceptors (Lipinski definition) is 6. The molecule has 1 aliphatic carbocycles. The number of thioether (sulfide) groups is 1. The molecule has 1 aliphatic rings. The molecule has 0 amide bonds. The van der Waals surface area contributed by atoms with Gasteiger partial charge in [-0.05, 0) is 67.4 Å². The van der Waals surface area contributed by atoms with Crippen LogP contribution in [0.1, 0.15) is 40.6 Å². The molecular formula is C19H19F2N5O2S. The largest absolute Gasteiger partial charge is 0.435 e. The summed E-state index contributed by atoms with van der Waals surface area (Å²) in [5.41, 5.74) is 3.05. The molecule has 152 valence electrons. The maximum absolute atomic E-state index is 12.8. The van der Waals surface area contributed by atoms with Crippen LogP contribution in [-0.2, 0) is 0 Å². The normalized spacial score (nSPS) is 13.8. The SMILES string of the molecule is Cc1cc(C(=O)CSc2nnnn2C2CC2)c(C)n1-c1ccc(OC(F)F)cc1.